The van der Waals surface area contributed by atoms with Crippen LogP contribution >= 0.6 is 0 Å². The van der Waals surface area contributed by atoms with Crippen LogP contribution in [0.1, 0.15) is 27.2 Å². The molecule has 5 nitrogen and oxygen atoms in total. The number of nitrogens with one attached hydrogen (secondary N) is 2. The molecule has 2 fully saturated rings. The molecule has 2 rings (SSSR count). The van der Waals surface area contributed by atoms with Crippen molar-refractivity contribution in [1.29, 1.82) is 0 Å². The Balaban J connectivity index is 1.78. The highest BCUT2D eigenvalue weighted by atomic mass is 16.5. The average Bonchev–Trinajstić information content (AvgIpc) is 2.69. The molecule has 0 aliphatic carbocycles. The van der Waals surface area contributed by atoms with Crippen LogP contribution in [0.4, 0.5) is 4.79 Å². The summed E-state index contributed by atoms with van der Waals surface area (Å²) in [7, 11) is 0. The van der Waals surface area contributed by atoms with Gasteiger partial charge in [0.25, 0.3) is 0 Å². The smallest absolute Gasteiger partial charge is 0.317 e. The molecule has 0 aromatic carbocycles. The number of nitrogens with zero attached hydrogens (tertiary/aromatic N) is 1. The Morgan fingerprint density at radius 3 is 2.78 bits per heavy atom. The molecule has 2 saturated heterocycles. The van der Waals surface area contributed by atoms with Crippen LogP contribution in [-0.4, -0.2) is 55.9 Å². The Labute approximate surface area is 109 Å². The minimum atomic E-state index is 0.0756. The molecule has 5 heteroatoms. The number of carbonyl (C=O) groups is 1. The van der Waals surface area contributed by atoms with Gasteiger partial charge in [0.1, 0.15) is 0 Å². The van der Waals surface area contributed by atoms with E-state index in [0.717, 1.165) is 39.3 Å². The molecule has 104 valence electrons. The number of hydrogen-bond donors (Lipinski definition) is 2. The topological polar surface area (TPSA) is 53.6 Å². The van der Waals surface area contributed by atoms with Crippen LogP contribution in [-0.2, 0) is 4.74 Å². The molecule has 0 spiro atoms. The van der Waals surface area contributed by atoms with Gasteiger partial charge in [-0.1, -0.05) is 20.8 Å². The Hall–Kier alpha value is -0.810. The molecule has 2 aliphatic heterocycles. The Kier molecular flexibility index (Phi) is 4.12. The van der Waals surface area contributed by atoms with Crippen LogP contribution < -0.4 is 10.6 Å². The van der Waals surface area contributed by atoms with E-state index in [2.05, 4.69) is 31.4 Å². The Morgan fingerprint density at radius 2 is 2.22 bits per heavy atom. The van der Waals surface area contributed by atoms with Gasteiger partial charge in [-0.15, -0.1) is 0 Å². The number of urea groups is 1. The van der Waals surface area contributed by atoms with Crippen molar-refractivity contribution in [3.63, 3.8) is 0 Å². The van der Waals surface area contributed by atoms with Crippen molar-refractivity contribution in [2.24, 2.45) is 5.41 Å². The molecule has 0 bridgehead atoms. The van der Waals surface area contributed by atoms with Crippen molar-refractivity contribution in [3.05, 3.63) is 0 Å². The van der Waals surface area contributed by atoms with E-state index in [4.69, 9.17) is 4.74 Å². The van der Waals surface area contributed by atoms with Crippen molar-refractivity contribution >= 4 is 6.03 Å². The first kappa shape index (κ1) is 13.6. The normalized spacial score (nSPS) is 29.5. The van der Waals surface area contributed by atoms with Crippen LogP contribution in [0, 0.1) is 5.41 Å². The second-order valence-corrected chi connectivity index (χ2v) is 6.33. The molecule has 2 aliphatic rings. The predicted molar refractivity (Wildman–Crippen MR) is 70.6 cm³/mol. The number of carbonyl (C=O) groups excluding carboxylic acids is 1. The Bertz CT molecular complexity index is 295. The highest BCUT2D eigenvalue weighted by molar-refractivity contribution is 5.77. The first-order valence-electron chi connectivity index (χ1n) is 6.83. The minimum Gasteiger partial charge on any atom is -0.379 e. The van der Waals surface area contributed by atoms with Crippen molar-refractivity contribution in [2.75, 3.05) is 32.8 Å². The first-order chi connectivity index (χ1) is 8.47. The lowest BCUT2D eigenvalue weighted by Gasteiger charge is -2.27. The third-order valence-electron chi connectivity index (χ3n) is 3.78. The summed E-state index contributed by atoms with van der Waals surface area (Å²) in [6.07, 6.45) is 0.963. The molecular weight excluding hydrogens is 230 g/mol. The number of amides is 2. The maximum atomic E-state index is 11.9. The van der Waals surface area contributed by atoms with Gasteiger partial charge in [-0.2, -0.15) is 0 Å². The van der Waals surface area contributed by atoms with E-state index in [1.807, 2.05) is 4.90 Å². The largest absolute Gasteiger partial charge is 0.379 e. The van der Waals surface area contributed by atoms with E-state index in [1.165, 1.54) is 0 Å². The summed E-state index contributed by atoms with van der Waals surface area (Å²) in [5.74, 6) is 0. The fourth-order valence-corrected chi connectivity index (χ4v) is 2.39. The third kappa shape index (κ3) is 3.36. The lowest BCUT2D eigenvalue weighted by Crippen LogP contribution is -2.43. The summed E-state index contributed by atoms with van der Waals surface area (Å²) in [5.41, 5.74) is 0.122. The lowest BCUT2D eigenvalue weighted by atomic mass is 9.87. The van der Waals surface area contributed by atoms with Crippen LogP contribution in [0.25, 0.3) is 0 Å². The Morgan fingerprint density at radius 1 is 1.44 bits per heavy atom. The van der Waals surface area contributed by atoms with Gasteiger partial charge in [-0.3, -0.25) is 0 Å². The fraction of sp³-hybridized carbons (Fsp3) is 0.923. The highest BCUT2D eigenvalue weighted by Gasteiger charge is 2.36. The summed E-state index contributed by atoms with van der Waals surface area (Å²) < 4.78 is 5.42. The third-order valence-corrected chi connectivity index (χ3v) is 3.78. The average molecular weight is 255 g/mol. The van der Waals surface area contributed by atoms with E-state index in [9.17, 15) is 4.79 Å². The van der Waals surface area contributed by atoms with Crippen LogP contribution in [0.3, 0.4) is 0 Å². The van der Waals surface area contributed by atoms with E-state index in [1.54, 1.807) is 0 Å². The number of rotatable bonds is 3. The van der Waals surface area contributed by atoms with E-state index >= 15 is 0 Å². The molecule has 2 atom stereocenters. The molecule has 0 aromatic heterocycles. The van der Waals surface area contributed by atoms with Crippen LogP contribution in [0.2, 0.25) is 0 Å². The first-order valence-corrected chi connectivity index (χ1v) is 6.83. The van der Waals surface area contributed by atoms with Gasteiger partial charge in [0.2, 0.25) is 0 Å². The van der Waals surface area contributed by atoms with Crippen molar-refractivity contribution in [3.8, 4) is 0 Å². The second kappa shape index (κ2) is 5.45. The lowest BCUT2D eigenvalue weighted by molar-refractivity contribution is 0.0716. The highest BCUT2D eigenvalue weighted by Crippen LogP contribution is 2.23. The molecule has 0 radical (unpaired) electrons. The quantitative estimate of drug-likeness (QED) is 0.784. The van der Waals surface area contributed by atoms with Gasteiger partial charge < -0.3 is 20.3 Å². The molecule has 2 amide bonds. The number of morpholine rings is 1. The zero-order valence-corrected chi connectivity index (χ0v) is 11.7. The van der Waals surface area contributed by atoms with Gasteiger partial charge in [-0.05, 0) is 11.8 Å². The number of hydrogen-bond acceptors (Lipinski definition) is 3. The van der Waals surface area contributed by atoms with Gasteiger partial charge in [0.15, 0.2) is 0 Å². The molecule has 18 heavy (non-hydrogen) atoms. The van der Waals surface area contributed by atoms with Crippen LogP contribution in [0.15, 0.2) is 0 Å². The monoisotopic (exact) mass is 255 g/mol. The predicted octanol–water partition coefficient (Wildman–Crippen LogP) is 0.805. The zero-order chi connectivity index (χ0) is 13.2. The van der Waals surface area contributed by atoms with E-state index in [0.29, 0.717) is 6.04 Å². The fourth-order valence-electron chi connectivity index (χ4n) is 2.39. The van der Waals surface area contributed by atoms with Gasteiger partial charge in [-0.25, -0.2) is 4.79 Å². The summed E-state index contributed by atoms with van der Waals surface area (Å²) in [6, 6.07) is 0.715. The molecule has 0 aromatic rings. The second-order valence-electron chi connectivity index (χ2n) is 6.33. The molecular formula is C13H25N3O2. The van der Waals surface area contributed by atoms with E-state index in [-0.39, 0.29) is 17.5 Å². The summed E-state index contributed by atoms with van der Waals surface area (Å²) in [6.45, 7) is 10.6. The van der Waals surface area contributed by atoms with E-state index < -0.39 is 0 Å². The molecule has 2 unspecified atom stereocenters. The van der Waals surface area contributed by atoms with Crippen molar-refractivity contribution in [1.82, 2.24) is 15.5 Å². The molecule has 0 saturated carbocycles. The van der Waals surface area contributed by atoms with Crippen LogP contribution in [0.5, 0.6) is 0 Å². The molecule has 2 N–H and O–H groups in total. The van der Waals surface area contributed by atoms with Gasteiger partial charge in [0, 0.05) is 25.7 Å². The van der Waals surface area contributed by atoms with Gasteiger partial charge >= 0.3 is 6.03 Å². The van der Waals surface area contributed by atoms with Crippen molar-refractivity contribution in [2.45, 2.75) is 39.3 Å². The molecule has 2 heterocycles. The van der Waals surface area contributed by atoms with Crippen molar-refractivity contribution < 1.29 is 9.53 Å². The minimum absolute atomic E-state index is 0.0756. The maximum Gasteiger partial charge on any atom is 0.317 e. The van der Waals surface area contributed by atoms with Gasteiger partial charge in [0.05, 0.1) is 19.3 Å². The standard InChI is InChI=1S/C13H25N3O2/c1-13(2,3)11-8-16(12(17)15-11)6-4-10-9-18-7-5-14-10/h10-11,14H,4-9H2,1-3H3,(H,15,17). The maximum absolute atomic E-state index is 11.9. The summed E-state index contributed by atoms with van der Waals surface area (Å²) >= 11 is 0. The SMILES string of the molecule is CC(C)(C)C1CN(CCC2COCCN2)C(=O)N1. The summed E-state index contributed by atoms with van der Waals surface area (Å²) in [4.78, 5) is 13.8. The summed E-state index contributed by atoms with van der Waals surface area (Å²) in [5, 5.41) is 6.48. The zero-order valence-electron chi connectivity index (χ0n) is 11.7. The number of ether oxygens (including phenoxy) is 1.